The zero-order valence-electron chi connectivity index (χ0n) is 10.2. The van der Waals surface area contributed by atoms with Gasteiger partial charge in [0.25, 0.3) is 5.91 Å². The molecule has 1 amide bonds. The van der Waals surface area contributed by atoms with Gasteiger partial charge in [0, 0.05) is 11.3 Å². The number of sulfonamides is 1. The van der Waals surface area contributed by atoms with Crippen LogP contribution in [0.2, 0.25) is 0 Å². The molecule has 0 saturated heterocycles. The van der Waals surface area contributed by atoms with Crippen LogP contribution in [0.4, 0.5) is 10.1 Å². The van der Waals surface area contributed by atoms with E-state index in [-0.39, 0.29) is 16.1 Å². The van der Waals surface area contributed by atoms with Gasteiger partial charge in [-0.25, -0.2) is 17.9 Å². The second-order valence-electron chi connectivity index (χ2n) is 4.04. The maximum absolute atomic E-state index is 13.0. The second kappa shape index (κ2) is 5.40. The van der Waals surface area contributed by atoms with E-state index in [9.17, 15) is 17.6 Å². The highest BCUT2D eigenvalue weighted by Gasteiger charge is 2.10. The molecular weight excluding hydrogens is 283 g/mol. The smallest absolute Gasteiger partial charge is 0.255 e. The lowest BCUT2D eigenvalue weighted by Gasteiger charge is -2.06. The van der Waals surface area contributed by atoms with Gasteiger partial charge in [0.05, 0.1) is 4.90 Å². The lowest BCUT2D eigenvalue weighted by atomic mass is 10.2. The quantitative estimate of drug-likeness (QED) is 0.903. The Bertz CT molecular complexity index is 760. The monoisotopic (exact) mass is 294 g/mol. The van der Waals surface area contributed by atoms with Gasteiger partial charge in [0.15, 0.2) is 0 Å². The molecule has 2 rings (SSSR count). The number of hydrogen-bond donors (Lipinski definition) is 2. The molecule has 0 aromatic heterocycles. The fraction of sp³-hybridized carbons (Fsp3) is 0. The fourth-order valence-electron chi connectivity index (χ4n) is 1.58. The molecule has 0 bridgehead atoms. The summed E-state index contributed by atoms with van der Waals surface area (Å²) in [6.07, 6.45) is 0. The normalized spacial score (nSPS) is 11.1. The number of primary sulfonamides is 1. The van der Waals surface area contributed by atoms with Gasteiger partial charge in [-0.1, -0.05) is 12.1 Å². The van der Waals surface area contributed by atoms with Gasteiger partial charge in [0.2, 0.25) is 10.0 Å². The van der Waals surface area contributed by atoms with Crippen molar-refractivity contribution in [3.05, 3.63) is 59.9 Å². The van der Waals surface area contributed by atoms with E-state index in [1.54, 1.807) is 0 Å². The molecule has 0 fully saturated rings. The number of carbonyl (C=O) groups is 1. The van der Waals surface area contributed by atoms with Crippen LogP contribution in [0.5, 0.6) is 0 Å². The molecule has 2 aromatic rings. The standard InChI is InChI=1S/C13H11FN2O3S/c14-10-4-1-3-9(7-10)13(17)16-11-5-2-6-12(8-11)20(15,18)19/h1-8H,(H,16,17)(H2,15,18,19). The molecule has 0 radical (unpaired) electrons. The van der Waals surface area contributed by atoms with Crippen molar-refractivity contribution >= 4 is 21.6 Å². The lowest BCUT2D eigenvalue weighted by Crippen LogP contribution is -2.14. The maximum Gasteiger partial charge on any atom is 0.255 e. The molecule has 0 saturated carbocycles. The van der Waals surface area contributed by atoms with Gasteiger partial charge in [-0.15, -0.1) is 0 Å². The first-order valence-electron chi connectivity index (χ1n) is 5.56. The molecule has 0 unspecified atom stereocenters. The molecule has 0 aliphatic heterocycles. The van der Waals surface area contributed by atoms with Gasteiger partial charge in [0.1, 0.15) is 5.82 Å². The van der Waals surface area contributed by atoms with Crippen LogP contribution in [0.15, 0.2) is 53.4 Å². The van der Waals surface area contributed by atoms with Crippen molar-refractivity contribution in [2.45, 2.75) is 4.90 Å². The highest BCUT2D eigenvalue weighted by Crippen LogP contribution is 2.15. The van der Waals surface area contributed by atoms with Crippen molar-refractivity contribution in [3.63, 3.8) is 0 Å². The number of nitrogens with one attached hydrogen (secondary N) is 1. The van der Waals surface area contributed by atoms with E-state index < -0.39 is 21.7 Å². The first-order valence-corrected chi connectivity index (χ1v) is 7.11. The summed E-state index contributed by atoms with van der Waals surface area (Å²) in [5.74, 6) is -1.08. The minimum absolute atomic E-state index is 0.116. The third-order valence-electron chi connectivity index (χ3n) is 2.51. The third-order valence-corrected chi connectivity index (χ3v) is 3.42. The van der Waals surface area contributed by atoms with E-state index in [4.69, 9.17) is 5.14 Å². The number of nitrogens with two attached hydrogens (primary N) is 1. The van der Waals surface area contributed by atoms with Gasteiger partial charge in [-0.05, 0) is 36.4 Å². The van der Waals surface area contributed by atoms with Crippen molar-refractivity contribution < 1.29 is 17.6 Å². The van der Waals surface area contributed by atoms with E-state index in [0.717, 1.165) is 6.07 Å². The molecule has 7 heteroatoms. The molecule has 0 spiro atoms. The first-order chi connectivity index (χ1) is 9.36. The van der Waals surface area contributed by atoms with Crippen molar-refractivity contribution in [2.75, 3.05) is 5.32 Å². The van der Waals surface area contributed by atoms with Crippen LogP contribution < -0.4 is 10.5 Å². The molecule has 20 heavy (non-hydrogen) atoms. The van der Waals surface area contributed by atoms with Crippen LogP contribution >= 0.6 is 0 Å². The van der Waals surface area contributed by atoms with Crippen LogP contribution in [0, 0.1) is 5.82 Å². The fourth-order valence-corrected chi connectivity index (χ4v) is 2.14. The van der Waals surface area contributed by atoms with Gasteiger partial charge >= 0.3 is 0 Å². The second-order valence-corrected chi connectivity index (χ2v) is 5.60. The highest BCUT2D eigenvalue weighted by molar-refractivity contribution is 7.89. The molecule has 5 nitrogen and oxygen atoms in total. The predicted octanol–water partition coefficient (Wildman–Crippen LogP) is 1.73. The van der Waals surface area contributed by atoms with Crippen LogP contribution in [0.25, 0.3) is 0 Å². The summed E-state index contributed by atoms with van der Waals surface area (Å²) in [5, 5.41) is 7.47. The average molecular weight is 294 g/mol. The minimum atomic E-state index is -3.84. The SMILES string of the molecule is NS(=O)(=O)c1cccc(NC(=O)c2cccc(F)c2)c1. The molecule has 0 atom stereocenters. The van der Waals surface area contributed by atoms with Crippen LogP contribution in [-0.4, -0.2) is 14.3 Å². The summed E-state index contributed by atoms with van der Waals surface area (Å²) >= 11 is 0. The summed E-state index contributed by atoms with van der Waals surface area (Å²) in [6.45, 7) is 0. The first kappa shape index (κ1) is 14.2. The summed E-state index contributed by atoms with van der Waals surface area (Å²) in [5.41, 5.74) is 0.386. The minimum Gasteiger partial charge on any atom is -0.322 e. The summed E-state index contributed by atoms with van der Waals surface area (Å²) < 4.78 is 35.4. The Balaban J connectivity index is 2.25. The number of rotatable bonds is 3. The van der Waals surface area contributed by atoms with E-state index >= 15 is 0 Å². The van der Waals surface area contributed by atoms with Crippen LogP contribution in [0.1, 0.15) is 10.4 Å². The Morgan fingerprint density at radius 2 is 1.80 bits per heavy atom. The topological polar surface area (TPSA) is 89.3 Å². The van der Waals surface area contributed by atoms with Gasteiger partial charge < -0.3 is 5.32 Å². The Morgan fingerprint density at radius 3 is 2.45 bits per heavy atom. The van der Waals surface area contributed by atoms with Crippen molar-refractivity contribution in [1.29, 1.82) is 0 Å². The van der Waals surface area contributed by atoms with Crippen molar-refractivity contribution in [2.24, 2.45) is 5.14 Å². The summed E-state index contributed by atoms with van der Waals surface area (Å²) in [4.78, 5) is 11.8. The van der Waals surface area contributed by atoms with E-state index in [2.05, 4.69) is 5.32 Å². The lowest BCUT2D eigenvalue weighted by molar-refractivity contribution is 0.102. The van der Waals surface area contributed by atoms with Gasteiger partial charge in [-0.2, -0.15) is 0 Å². The Kier molecular flexibility index (Phi) is 3.82. The Hall–Kier alpha value is -2.25. The van der Waals surface area contributed by atoms with Crippen LogP contribution in [0.3, 0.4) is 0 Å². The Labute approximate surface area is 115 Å². The molecule has 0 aliphatic carbocycles. The van der Waals surface area contributed by atoms with Crippen molar-refractivity contribution in [3.8, 4) is 0 Å². The molecule has 104 valence electrons. The number of amides is 1. The number of carbonyl (C=O) groups excluding carboxylic acids is 1. The van der Waals surface area contributed by atoms with E-state index in [1.807, 2.05) is 0 Å². The van der Waals surface area contributed by atoms with Crippen LogP contribution in [-0.2, 0) is 10.0 Å². The third kappa shape index (κ3) is 3.40. The van der Waals surface area contributed by atoms with E-state index in [1.165, 1.54) is 42.5 Å². The number of anilines is 1. The number of hydrogen-bond acceptors (Lipinski definition) is 3. The maximum atomic E-state index is 13.0. The molecule has 2 aromatic carbocycles. The molecular formula is C13H11FN2O3S. The van der Waals surface area contributed by atoms with Crippen molar-refractivity contribution in [1.82, 2.24) is 0 Å². The largest absolute Gasteiger partial charge is 0.322 e. The zero-order chi connectivity index (χ0) is 14.8. The predicted molar refractivity (Wildman–Crippen MR) is 72.2 cm³/mol. The van der Waals surface area contributed by atoms with Gasteiger partial charge in [-0.3, -0.25) is 4.79 Å². The van der Waals surface area contributed by atoms with E-state index in [0.29, 0.717) is 0 Å². The summed E-state index contributed by atoms with van der Waals surface area (Å²) in [7, 11) is -3.84. The number of benzene rings is 2. The summed E-state index contributed by atoms with van der Waals surface area (Å²) in [6, 6.07) is 10.6. The highest BCUT2D eigenvalue weighted by atomic mass is 32.2. The number of halogens is 1. The Morgan fingerprint density at radius 1 is 1.10 bits per heavy atom. The molecule has 0 heterocycles. The molecule has 3 N–H and O–H groups in total. The zero-order valence-corrected chi connectivity index (χ0v) is 11.0. The average Bonchev–Trinajstić information content (AvgIpc) is 2.38. The molecule has 0 aliphatic rings.